The van der Waals surface area contributed by atoms with Crippen LogP contribution < -0.4 is 14.8 Å². The molecule has 9 nitrogen and oxygen atoms in total. The lowest BCUT2D eigenvalue weighted by molar-refractivity contribution is -0.105. The van der Waals surface area contributed by atoms with Crippen molar-refractivity contribution >= 4 is 23.3 Å². The smallest absolute Gasteiger partial charge is 0.228 e. The Morgan fingerprint density at radius 1 is 1.19 bits per heavy atom. The molecule has 2 fully saturated rings. The highest BCUT2D eigenvalue weighted by molar-refractivity contribution is 5.97. The number of rotatable bonds is 8. The van der Waals surface area contributed by atoms with E-state index in [9.17, 15) is 4.79 Å². The molecule has 0 radical (unpaired) electrons. The fourth-order valence-corrected chi connectivity index (χ4v) is 3.34. The Hall–Kier alpha value is -3.20. The van der Waals surface area contributed by atoms with Crippen LogP contribution in [0, 0.1) is 5.92 Å². The molecule has 1 amide bonds. The fourth-order valence-electron chi connectivity index (χ4n) is 3.34. The first-order chi connectivity index (χ1) is 15.1. The monoisotopic (exact) mass is 424 g/mol. The van der Waals surface area contributed by atoms with Gasteiger partial charge in [0.05, 0.1) is 7.11 Å². The minimum absolute atomic E-state index is 0.204. The van der Waals surface area contributed by atoms with E-state index in [0.29, 0.717) is 35.2 Å². The molecule has 0 saturated heterocycles. The zero-order valence-electron chi connectivity index (χ0n) is 18.1. The Morgan fingerprint density at radius 2 is 1.97 bits per heavy atom. The summed E-state index contributed by atoms with van der Waals surface area (Å²) in [5.74, 6) is 2.46. The maximum absolute atomic E-state index is 10.6. The molecular weight excluding hydrogens is 396 g/mol. The lowest BCUT2D eigenvalue weighted by Crippen LogP contribution is -2.14. The van der Waals surface area contributed by atoms with Gasteiger partial charge in [-0.05, 0) is 57.8 Å². The van der Waals surface area contributed by atoms with Gasteiger partial charge >= 0.3 is 0 Å². The van der Waals surface area contributed by atoms with Crippen LogP contribution in [0.2, 0.25) is 0 Å². The molecule has 3 aromatic rings. The number of methoxy groups -OCH3 is 1. The lowest BCUT2D eigenvalue weighted by atomic mass is 10.1. The fraction of sp³-hybridized carbons (Fsp3) is 0.455. The van der Waals surface area contributed by atoms with Crippen LogP contribution in [0.1, 0.15) is 25.7 Å². The predicted molar refractivity (Wildman–Crippen MR) is 118 cm³/mol. The summed E-state index contributed by atoms with van der Waals surface area (Å²) in [5.41, 5.74) is 2.17. The van der Waals surface area contributed by atoms with E-state index < -0.39 is 0 Å². The van der Waals surface area contributed by atoms with Crippen molar-refractivity contribution in [3.05, 3.63) is 24.7 Å². The maximum atomic E-state index is 10.6. The molecule has 3 heterocycles. The Labute approximate surface area is 181 Å². The molecule has 164 valence electrons. The van der Waals surface area contributed by atoms with Crippen molar-refractivity contribution in [3.63, 3.8) is 0 Å². The number of hydrogen-bond donors (Lipinski definition) is 2. The summed E-state index contributed by atoms with van der Waals surface area (Å²) >= 11 is 0. The van der Waals surface area contributed by atoms with Crippen LogP contribution in [0.25, 0.3) is 22.2 Å². The summed E-state index contributed by atoms with van der Waals surface area (Å²) in [5, 5.41) is 3.39. The second kappa shape index (κ2) is 9.30. The second-order valence-electron chi connectivity index (χ2n) is 8.14. The molecule has 2 aliphatic carbocycles. The summed E-state index contributed by atoms with van der Waals surface area (Å²) in [7, 11) is 5.84. The standard InChI is InChI=1S/C16H15N5O3.C6H13N/c1-23-15-13(16(19-7-18-15)24-9-2-3-9)11-6-17-14-10(11)4-5-12(21-14)20-8-22;1-7(2)5-6-3-4-6/h4-9H,2-3H2,1H3,(H2,17,20,21,22);6H,3-5H2,1-2H3. The van der Waals surface area contributed by atoms with Crippen LogP contribution in [0.3, 0.4) is 0 Å². The van der Waals surface area contributed by atoms with Gasteiger partial charge in [-0.3, -0.25) is 4.79 Å². The van der Waals surface area contributed by atoms with E-state index in [1.807, 2.05) is 12.3 Å². The van der Waals surface area contributed by atoms with Crippen LogP contribution in [0.5, 0.6) is 11.8 Å². The number of aromatic nitrogens is 4. The Morgan fingerprint density at radius 3 is 2.58 bits per heavy atom. The zero-order valence-corrected chi connectivity index (χ0v) is 18.1. The minimum atomic E-state index is 0.204. The first-order valence-electron chi connectivity index (χ1n) is 10.5. The zero-order chi connectivity index (χ0) is 21.8. The number of aromatic amines is 1. The van der Waals surface area contributed by atoms with Crippen LogP contribution in [0.15, 0.2) is 24.7 Å². The van der Waals surface area contributed by atoms with Crippen molar-refractivity contribution < 1.29 is 14.3 Å². The van der Waals surface area contributed by atoms with Gasteiger partial charge in [0.1, 0.15) is 29.5 Å². The largest absolute Gasteiger partial charge is 0.480 e. The topological polar surface area (TPSA) is 105 Å². The van der Waals surface area contributed by atoms with Gasteiger partial charge < -0.3 is 24.7 Å². The number of H-pyrrole nitrogens is 1. The SMILES string of the molecule is CN(C)CC1CC1.COc1ncnc(OC2CC2)c1-c1c[nH]c2nc(NC=O)ccc12. The molecule has 0 unspecified atom stereocenters. The van der Waals surface area contributed by atoms with Crippen molar-refractivity contribution in [2.75, 3.05) is 33.1 Å². The Bertz CT molecular complexity index is 1040. The lowest BCUT2D eigenvalue weighted by Gasteiger charge is -2.12. The summed E-state index contributed by atoms with van der Waals surface area (Å²) in [6, 6.07) is 3.60. The summed E-state index contributed by atoms with van der Waals surface area (Å²) < 4.78 is 11.3. The van der Waals surface area contributed by atoms with Crippen molar-refractivity contribution in [2.45, 2.75) is 31.8 Å². The number of pyridine rings is 1. The number of anilines is 1. The van der Waals surface area contributed by atoms with E-state index in [1.165, 1.54) is 25.7 Å². The predicted octanol–water partition coefficient (Wildman–Crippen LogP) is 3.10. The molecule has 2 aliphatic rings. The average Bonchev–Trinajstić information content (AvgIpc) is 3.68. The van der Waals surface area contributed by atoms with Crippen molar-refractivity contribution in [1.29, 1.82) is 0 Å². The number of fused-ring (bicyclic) bond motifs is 1. The second-order valence-corrected chi connectivity index (χ2v) is 8.14. The molecule has 2 N–H and O–H groups in total. The molecule has 3 aromatic heterocycles. The molecule has 9 heteroatoms. The number of nitrogens with one attached hydrogen (secondary N) is 2. The van der Waals surface area contributed by atoms with Crippen molar-refractivity contribution in [3.8, 4) is 22.9 Å². The third kappa shape index (κ3) is 5.29. The summed E-state index contributed by atoms with van der Waals surface area (Å²) in [6.07, 6.45) is 9.03. The summed E-state index contributed by atoms with van der Waals surface area (Å²) in [4.78, 5) is 28.7. The first-order valence-corrected chi connectivity index (χ1v) is 10.5. The van der Waals surface area contributed by atoms with E-state index >= 15 is 0 Å². The molecular formula is C22H28N6O3. The van der Waals surface area contributed by atoms with Crippen LogP contribution in [0.4, 0.5) is 5.82 Å². The van der Waals surface area contributed by atoms with Gasteiger partial charge in [0.25, 0.3) is 0 Å². The number of ether oxygens (including phenoxy) is 2. The molecule has 0 bridgehead atoms. The highest BCUT2D eigenvalue weighted by atomic mass is 16.5. The van der Waals surface area contributed by atoms with Crippen molar-refractivity contribution in [1.82, 2.24) is 24.8 Å². The number of carbonyl (C=O) groups is 1. The average molecular weight is 425 g/mol. The quantitative estimate of drug-likeness (QED) is 0.535. The van der Waals surface area contributed by atoms with Gasteiger partial charge in [0.15, 0.2) is 0 Å². The highest BCUT2D eigenvalue weighted by Crippen LogP contribution is 2.41. The highest BCUT2D eigenvalue weighted by Gasteiger charge is 2.28. The van der Waals surface area contributed by atoms with Gasteiger partial charge in [-0.1, -0.05) is 0 Å². The van der Waals surface area contributed by atoms with Crippen LogP contribution in [-0.2, 0) is 4.79 Å². The first kappa shape index (κ1) is 21.0. The number of hydrogen-bond acceptors (Lipinski definition) is 7. The Balaban J connectivity index is 0.000000282. The number of carbonyl (C=O) groups excluding carboxylic acids is 1. The van der Waals surface area contributed by atoms with Crippen molar-refractivity contribution in [2.24, 2.45) is 5.92 Å². The molecule has 5 rings (SSSR count). The van der Waals surface area contributed by atoms with Crippen LogP contribution >= 0.6 is 0 Å². The molecule has 0 spiro atoms. The van der Waals surface area contributed by atoms with Gasteiger partial charge in [-0.15, -0.1) is 0 Å². The molecule has 0 aromatic carbocycles. The van der Waals surface area contributed by atoms with E-state index in [-0.39, 0.29) is 6.10 Å². The normalized spacial score (nSPS) is 15.4. The molecule has 2 saturated carbocycles. The number of amides is 1. The molecule has 31 heavy (non-hydrogen) atoms. The van der Waals surface area contributed by atoms with Gasteiger partial charge in [0.2, 0.25) is 18.2 Å². The third-order valence-electron chi connectivity index (χ3n) is 5.11. The molecule has 0 aliphatic heterocycles. The summed E-state index contributed by atoms with van der Waals surface area (Å²) in [6.45, 7) is 1.31. The van der Waals surface area contributed by atoms with Gasteiger partial charge in [0, 0.05) is 23.7 Å². The van der Waals surface area contributed by atoms with E-state index in [1.54, 1.807) is 13.2 Å². The maximum Gasteiger partial charge on any atom is 0.228 e. The van der Waals surface area contributed by atoms with Gasteiger partial charge in [-0.25, -0.2) is 15.0 Å². The van der Waals surface area contributed by atoms with E-state index in [2.05, 4.69) is 44.2 Å². The number of nitrogens with zero attached hydrogens (tertiary/aromatic N) is 4. The Kier molecular flexibility index (Phi) is 6.31. The van der Waals surface area contributed by atoms with E-state index in [0.717, 1.165) is 29.7 Å². The minimum Gasteiger partial charge on any atom is -0.480 e. The van der Waals surface area contributed by atoms with Crippen LogP contribution in [-0.4, -0.2) is 65.1 Å². The molecule has 0 atom stereocenters. The van der Waals surface area contributed by atoms with Gasteiger partial charge in [-0.2, -0.15) is 0 Å². The third-order valence-corrected chi connectivity index (χ3v) is 5.11. The van der Waals surface area contributed by atoms with E-state index in [4.69, 9.17) is 9.47 Å².